The molecular weight excluding hydrogens is 356 g/mol. The maximum atomic E-state index is 13.5. The Balaban J connectivity index is 1.98. The maximum absolute atomic E-state index is 13.5. The van der Waals surface area contributed by atoms with Crippen LogP contribution in [-0.2, 0) is 6.42 Å². The summed E-state index contributed by atoms with van der Waals surface area (Å²) in [5, 5.41) is 11.0. The number of nitriles is 1. The first kappa shape index (κ1) is 18.7. The van der Waals surface area contributed by atoms with E-state index in [9.17, 15) is 14.0 Å². The smallest absolute Gasteiger partial charge is 0.112 e. The van der Waals surface area contributed by atoms with Gasteiger partial charge in [-0.1, -0.05) is 25.1 Å². The minimum absolute atomic E-state index is 0.329. The Kier molecular flexibility index (Phi) is 5.21. The lowest BCUT2D eigenvalue weighted by atomic mass is 9.92. The SMILES string of the molecule is CCc1ccc2c(c1)c(C#N)c(C1=CC=CCN1C(CF)CF)n2C1CCC1. The Bertz CT molecular complexity index is 972. The molecule has 1 aliphatic heterocycles. The zero-order valence-electron chi connectivity index (χ0n) is 16.2. The van der Waals surface area contributed by atoms with Crippen LogP contribution in [0.2, 0.25) is 0 Å². The predicted molar refractivity (Wildman–Crippen MR) is 108 cm³/mol. The van der Waals surface area contributed by atoms with Gasteiger partial charge in [0.05, 0.1) is 28.5 Å². The van der Waals surface area contributed by atoms with Crippen LogP contribution >= 0.6 is 0 Å². The molecule has 2 aromatic rings. The van der Waals surface area contributed by atoms with Crippen LogP contribution in [0.4, 0.5) is 8.78 Å². The quantitative estimate of drug-likeness (QED) is 0.678. The number of hydrogen-bond acceptors (Lipinski definition) is 2. The number of allylic oxidation sites excluding steroid dienone is 2. The molecule has 146 valence electrons. The van der Waals surface area contributed by atoms with Crippen molar-refractivity contribution >= 4 is 16.6 Å². The fourth-order valence-electron chi connectivity index (χ4n) is 4.27. The van der Waals surface area contributed by atoms with Crippen LogP contribution in [0.3, 0.4) is 0 Å². The number of fused-ring (bicyclic) bond motifs is 1. The van der Waals surface area contributed by atoms with Crippen molar-refractivity contribution in [1.29, 1.82) is 5.26 Å². The first-order valence-electron chi connectivity index (χ1n) is 10.1. The lowest BCUT2D eigenvalue weighted by Gasteiger charge is -2.36. The summed E-state index contributed by atoms with van der Waals surface area (Å²) in [6.07, 6.45) is 9.91. The molecule has 0 bridgehead atoms. The molecule has 0 unspecified atom stereocenters. The van der Waals surface area contributed by atoms with Gasteiger partial charge in [-0.15, -0.1) is 0 Å². The number of nitrogens with zero attached hydrogens (tertiary/aromatic N) is 3. The van der Waals surface area contributed by atoms with Crippen LogP contribution in [0.1, 0.15) is 49.0 Å². The third kappa shape index (κ3) is 2.92. The molecule has 1 fully saturated rings. The summed E-state index contributed by atoms with van der Waals surface area (Å²) in [5.74, 6) is 0. The van der Waals surface area contributed by atoms with Gasteiger partial charge in [0, 0.05) is 18.0 Å². The van der Waals surface area contributed by atoms with Crippen LogP contribution in [-0.4, -0.2) is 35.4 Å². The van der Waals surface area contributed by atoms with Gasteiger partial charge in [0.2, 0.25) is 0 Å². The van der Waals surface area contributed by atoms with Gasteiger partial charge in [-0.25, -0.2) is 8.78 Å². The third-order valence-corrected chi connectivity index (χ3v) is 6.07. The van der Waals surface area contributed by atoms with Gasteiger partial charge in [-0.05, 0) is 49.5 Å². The van der Waals surface area contributed by atoms with Crippen LogP contribution < -0.4 is 0 Å². The normalized spacial score (nSPS) is 17.1. The fraction of sp³-hybridized carbons (Fsp3) is 0.435. The second-order valence-electron chi connectivity index (χ2n) is 7.59. The van der Waals surface area contributed by atoms with Gasteiger partial charge in [0.25, 0.3) is 0 Å². The molecule has 0 spiro atoms. The average molecular weight is 381 g/mol. The minimum atomic E-state index is -0.832. The van der Waals surface area contributed by atoms with Gasteiger partial charge in [-0.3, -0.25) is 0 Å². The molecule has 0 saturated heterocycles. The standard InChI is InChI=1S/C23H25F2N3/c1-2-16-9-10-21-19(12-16)20(15-26)23(28(21)17-6-5-7-17)22-8-3-4-11-27(22)18(13-24)14-25/h3-4,8-10,12,17-18H,2,5-7,11,13-14H2,1H3. The molecule has 2 aliphatic rings. The molecule has 28 heavy (non-hydrogen) atoms. The molecule has 1 aliphatic carbocycles. The first-order valence-corrected chi connectivity index (χ1v) is 10.1. The highest BCUT2D eigenvalue weighted by molar-refractivity contribution is 5.93. The van der Waals surface area contributed by atoms with Crippen molar-refractivity contribution in [2.24, 2.45) is 0 Å². The average Bonchev–Trinajstić information content (AvgIpc) is 3.01. The van der Waals surface area contributed by atoms with Crippen LogP contribution in [0.15, 0.2) is 36.4 Å². The van der Waals surface area contributed by atoms with E-state index in [1.54, 1.807) is 4.90 Å². The van der Waals surface area contributed by atoms with Gasteiger partial charge in [0.15, 0.2) is 0 Å². The molecule has 1 aromatic heterocycles. The highest BCUT2D eigenvalue weighted by Crippen LogP contribution is 2.42. The summed E-state index contributed by atoms with van der Waals surface area (Å²) in [7, 11) is 0. The number of rotatable bonds is 6. The summed E-state index contributed by atoms with van der Waals surface area (Å²) in [4.78, 5) is 1.77. The zero-order valence-corrected chi connectivity index (χ0v) is 16.2. The summed E-state index contributed by atoms with van der Waals surface area (Å²) >= 11 is 0. The number of aryl methyl sites for hydroxylation is 1. The number of alkyl halides is 2. The van der Waals surface area contributed by atoms with Crippen molar-refractivity contribution in [3.63, 3.8) is 0 Å². The van der Waals surface area contributed by atoms with E-state index in [1.165, 1.54) is 12.0 Å². The van der Waals surface area contributed by atoms with E-state index in [2.05, 4.69) is 35.8 Å². The van der Waals surface area contributed by atoms with E-state index < -0.39 is 19.4 Å². The molecule has 0 atom stereocenters. The topological polar surface area (TPSA) is 32.0 Å². The summed E-state index contributed by atoms with van der Waals surface area (Å²) in [6.45, 7) is 1.03. The van der Waals surface area contributed by atoms with Gasteiger partial charge in [0.1, 0.15) is 19.4 Å². The Morgan fingerprint density at radius 3 is 2.64 bits per heavy atom. The molecule has 2 heterocycles. The number of halogens is 2. The molecule has 0 amide bonds. The number of aromatic nitrogens is 1. The van der Waals surface area contributed by atoms with Crippen molar-refractivity contribution < 1.29 is 8.78 Å². The molecular formula is C23H25F2N3. The maximum Gasteiger partial charge on any atom is 0.112 e. The number of hydrogen-bond donors (Lipinski definition) is 0. The largest absolute Gasteiger partial charge is 0.358 e. The van der Waals surface area contributed by atoms with E-state index in [0.29, 0.717) is 18.2 Å². The highest BCUT2D eigenvalue weighted by Gasteiger charge is 2.32. The molecule has 0 N–H and O–H groups in total. The van der Waals surface area contributed by atoms with E-state index in [1.807, 2.05) is 18.2 Å². The lowest BCUT2D eigenvalue weighted by molar-refractivity contribution is 0.210. The molecule has 5 heteroatoms. The molecule has 0 radical (unpaired) electrons. The Morgan fingerprint density at radius 2 is 2.04 bits per heavy atom. The summed E-state index contributed by atoms with van der Waals surface area (Å²) in [5.41, 5.74) is 4.40. The third-order valence-electron chi connectivity index (χ3n) is 6.07. The van der Waals surface area contributed by atoms with Gasteiger partial charge >= 0.3 is 0 Å². The monoisotopic (exact) mass is 381 g/mol. The van der Waals surface area contributed by atoms with E-state index in [0.717, 1.165) is 41.6 Å². The van der Waals surface area contributed by atoms with Gasteiger partial charge < -0.3 is 9.47 Å². The second kappa shape index (κ2) is 7.79. The van der Waals surface area contributed by atoms with Crippen molar-refractivity contribution in [1.82, 2.24) is 9.47 Å². The molecule has 1 saturated carbocycles. The molecule has 4 rings (SSSR count). The van der Waals surface area contributed by atoms with Crippen LogP contribution in [0, 0.1) is 11.3 Å². The Morgan fingerprint density at radius 1 is 1.25 bits per heavy atom. The van der Waals surface area contributed by atoms with E-state index in [-0.39, 0.29) is 0 Å². The van der Waals surface area contributed by atoms with Crippen LogP contribution in [0.25, 0.3) is 16.6 Å². The van der Waals surface area contributed by atoms with E-state index >= 15 is 0 Å². The van der Waals surface area contributed by atoms with Crippen LogP contribution in [0.5, 0.6) is 0 Å². The van der Waals surface area contributed by atoms with Crippen molar-refractivity contribution in [2.45, 2.75) is 44.7 Å². The van der Waals surface area contributed by atoms with Crippen molar-refractivity contribution in [3.05, 3.63) is 53.2 Å². The summed E-state index contributed by atoms with van der Waals surface area (Å²) < 4.78 is 29.3. The Hall–Kier alpha value is -2.61. The second-order valence-corrected chi connectivity index (χ2v) is 7.59. The van der Waals surface area contributed by atoms with E-state index in [4.69, 9.17) is 0 Å². The fourth-order valence-corrected chi connectivity index (χ4v) is 4.27. The highest BCUT2D eigenvalue weighted by atomic mass is 19.1. The molecule has 1 aromatic carbocycles. The predicted octanol–water partition coefficient (Wildman–Crippen LogP) is 5.32. The molecule has 3 nitrogen and oxygen atoms in total. The van der Waals surface area contributed by atoms with Crippen molar-refractivity contribution in [3.8, 4) is 6.07 Å². The summed E-state index contributed by atoms with van der Waals surface area (Å²) in [6, 6.07) is 8.21. The zero-order chi connectivity index (χ0) is 19.7. The van der Waals surface area contributed by atoms with Crippen molar-refractivity contribution in [2.75, 3.05) is 19.9 Å². The number of benzene rings is 1. The van der Waals surface area contributed by atoms with Gasteiger partial charge in [-0.2, -0.15) is 5.26 Å². The lowest BCUT2D eigenvalue weighted by Crippen LogP contribution is -2.39. The Labute approximate surface area is 164 Å². The minimum Gasteiger partial charge on any atom is -0.358 e. The first-order chi connectivity index (χ1) is 13.7.